The molecule has 0 spiro atoms. The average molecular weight is 293 g/mol. The predicted molar refractivity (Wildman–Crippen MR) is 79.8 cm³/mol. The number of carboxylic acids is 1. The third-order valence-electron chi connectivity index (χ3n) is 4.08. The van der Waals surface area contributed by atoms with Crippen molar-refractivity contribution < 1.29 is 19.7 Å². The molecule has 0 bridgehead atoms. The lowest BCUT2D eigenvalue weighted by Gasteiger charge is -2.35. The van der Waals surface area contributed by atoms with Crippen molar-refractivity contribution in [2.45, 2.75) is 37.8 Å². The minimum absolute atomic E-state index is 0.178. The molecule has 1 aliphatic carbocycles. The summed E-state index contributed by atoms with van der Waals surface area (Å²) in [6, 6.07) is 6.82. The van der Waals surface area contributed by atoms with Crippen LogP contribution in [0.25, 0.3) is 0 Å². The lowest BCUT2D eigenvalue weighted by molar-refractivity contribution is 0.0271. The number of hydrogen-bond acceptors (Lipinski definition) is 4. The molecule has 5 heteroatoms. The molecule has 0 heterocycles. The Labute approximate surface area is 125 Å². The molecule has 2 atom stereocenters. The summed E-state index contributed by atoms with van der Waals surface area (Å²) in [6.07, 6.45) is 3.83. The van der Waals surface area contributed by atoms with E-state index >= 15 is 0 Å². The first-order chi connectivity index (χ1) is 10.1. The van der Waals surface area contributed by atoms with Gasteiger partial charge in [0.2, 0.25) is 0 Å². The Balaban J connectivity index is 1.85. The average Bonchev–Trinajstić information content (AvgIpc) is 2.48. The zero-order valence-electron chi connectivity index (χ0n) is 12.4. The van der Waals surface area contributed by atoms with Gasteiger partial charge in [-0.3, -0.25) is 4.90 Å². The van der Waals surface area contributed by atoms with Crippen molar-refractivity contribution in [3.05, 3.63) is 29.8 Å². The van der Waals surface area contributed by atoms with Gasteiger partial charge in [-0.2, -0.15) is 0 Å². The van der Waals surface area contributed by atoms with Crippen LogP contribution in [0.1, 0.15) is 36.0 Å². The normalized spacial score (nSPS) is 22.2. The van der Waals surface area contributed by atoms with Gasteiger partial charge in [-0.25, -0.2) is 4.79 Å². The first-order valence-electron chi connectivity index (χ1n) is 7.43. The Morgan fingerprint density at radius 2 is 2.05 bits per heavy atom. The standard InChI is InChI=1S/C16H23NO4/c1-17(13-7-3-4-8-14(13)18)10-11-21-15-9-5-2-6-12(15)16(19)20/h2,5-6,9,13-14,18H,3-4,7-8,10-11H2,1H3,(H,19,20). The number of carbonyl (C=O) groups is 1. The van der Waals surface area contributed by atoms with Gasteiger partial charge in [0.25, 0.3) is 0 Å². The molecule has 1 aromatic rings. The fourth-order valence-electron chi connectivity index (χ4n) is 2.84. The third kappa shape index (κ3) is 4.19. The van der Waals surface area contributed by atoms with Gasteiger partial charge in [-0.05, 0) is 32.0 Å². The molecule has 0 aromatic heterocycles. The maximum Gasteiger partial charge on any atom is 0.339 e. The molecule has 2 unspecified atom stereocenters. The Morgan fingerprint density at radius 1 is 1.33 bits per heavy atom. The van der Waals surface area contributed by atoms with Gasteiger partial charge in [-0.1, -0.05) is 25.0 Å². The summed E-state index contributed by atoms with van der Waals surface area (Å²) in [7, 11) is 1.98. The van der Waals surface area contributed by atoms with E-state index in [-0.39, 0.29) is 17.7 Å². The van der Waals surface area contributed by atoms with Gasteiger partial charge < -0.3 is 14.9 Å². The summed E-state index contributed by atoms with van der Waals surface area (Å²) in [5.74, 6) is -0.593. The monoisotopic (exact) mass is 293 g/mol. The fraction of sp³-hybridized carbons (Fsp3) is 0.562. The molecule has 2 N–H and O–H groups in total. The molecule has 5 nitrogen and oxygen atoms in total. The number of likely N-dealkylation sites (N-methyl/N-ethyl adjacent to an activating group) is 1. The molecule has 2 rings (SSSR count). The van der Waals surface area contributed by atoms with Crippen LogP contribution < -0.4 is 4.74 Å². The van der Waals surface area contributed by atoms with Gasteiger partial charge in [0, 0.05) is 12.6 Å². The highest BCUT2D eigenvalue weighted by Crippen LogP contribution is 2.22. The molecular formula is C16H23NO4. The van der Waals surface area contributed by atoms with Crippen LogP contribution in [0.4, 0.5) is 0 Å². The van der Waals surface area contributed by atoms with Gasteiger partial charge in [0.15, 0.2) is 0 Å². The summed E-state index contributed by atoms with van der Waals surface area (Å²) in [4.78, 5) is 13.2. The van der Waals surface area contributed by atoms with Crippen LogP contribution >= 0.6 is 0 Å². The number of carboxylic acid groups (broad SMARTS) is 1. The first kappa shape index (κ1) is 15.8. The number of aliphatic hydroxyl groups is 1. The molecule has 0 aliphatic heterocycles. The summed E-state index contributed by atoms with van der Waals surface area (Å²) in [5, 5.41) is 19.1. The Kier molecular flexibility index (Phi) is 5.59. The molecule has 1 aromatic carbocycles. The molecule has 1 fully saturated rings. The number of rotatable bonds is 6. The van der Waals surface area contributed by atoms with Gasteiger partial charge in [-0.15, -0.1) is 0 Å². The van der Waals surface area contributed by atoms with Crippen LogP contribution in [0.3, 0.4) is 0 Å². The molecule has 21 heavy (non-hydrogen) atoms. The Morgan fingerprint density at radius 3 is 2.76 bits per heavy atom. The van der Waals surface area contributed by atoms with Crippen LogP contribution in [0, 0.1) is 0 Å². The van der Waals surface area contributed by atoms with Gasteiger partial charge in [0.05, 0.1) is 6.10 Å². The molecular weight excluding hydrogens is 270 g/mol. The first-order valence-corrected chi connectivity index (χ1v) is 7.43. The summed E-state index contributed by atoms with van der Waals surface area (Å²) >= 11 is 0. The largest absolute Gasteiger partial charge is 0.491 e. The highest BCUT2D eigenvalue weighted by molar-refractivity contribution is 5.90. The van der Waals surface area contributed by atoms with Crippen LogP contribution in [-0.2, 0) is 0 Å². The Bertz CT molecular complexity index is 477. The summed E-state index contributed by atoms with van der Waals surface area (Å²) < 4.78 is 5.59. The number of aliphatic hydroxyl groups excluding tert-OH is 1. The van der Waals surface area contributed by atoms with E-state index in [4.69, 9.17) is 9.84 Å². The van der Waals surface area contributed by atoms with Crippen molar-refractivity contribution in [2.24, 2.45) is 0 Å². The van der Waals surface area contributed by atoms with E-state index in [2.05, 4.69) is 4.90 Å². The third-order valence-corrected chi connectivity index (χ3v) is 4.08. The van der Waals surface area contributed by atoms with Crippen LogP contribution in [0.2, 0.25) is 0 Å². The molecule has 1 aliphatic rings. The minimum Gasteiger partial charge on any atom is -0.491 e. The molecule has 116 valence electrons. The van der Waals surface area contributed by atoms with Crippen LogP contribution in [-0.4, -0.2) is 53.4 Å². The van der Waals surface area contributed by atoms with Crippen molar-refractivity contribution in [2.75, 3.05) is 20.2 Å². The predicted octanol–water partition coefficient (Wildman–Crippen LogP) is 2.00. The van der Waals surface area contributed by atoms with Crippen LogP contribution in [0.5, 0.6) is 5.75 Å². The second-order valence-electron chi connectivity index (χ2n) is 5.55. The number of nitrogens with zero attached hydrogens (tertiary/aromatic N) is 1. The van der Waals surface area contributed by atoms with E-state index in [1.165, 1.54) is 6.07 Å². The number of benzene rings is 1. The maximum atomic E-state index is 11.1. The Hall–Kier alpha value is -1.59. The summed E-state index contributed by atoms with van der Waals surface area (Å²) in [6.45, 7) is 1.07. The zero-order valence-corrected chi connectivity index (χ0v) is 12.4. The second kappa shape index (κ2) is 7.43. The lowest BCUT2D eigenvalue weighted by atomic mass is 9.92. The molecule has 0 radical (unpaired) electrons. The fourth-order valence-corrected chi connectivity index (χ4v) is 2.84. The SMILES string of the molecule is CN(CCOc1ccccc1C(=O)O)C1CCCCC1O. The van der Waals surface area contributed by atoms with Crippen LogP contribution in [0.15, 0.2) is 24.3 Å². The van der Waals surface area contributed by atoms with E-state index in [1.807, 2.05) is 7.05 Å². The number of aromatic carboxylic acids is 1. The van der Waals surface area contributed by atoms with Crippen molar-refractivity contribution >= 4 is 5.97 Å². The van der Waals surface area contributed by atoms with E-state index in [9.17, 15) is 9.90 Å². The van der Waals surface area contributed by atoms with E-state index in [0.717, 1.165) is 25.7 Å². The smallest absolute Gasteiger partial charge is 0.339 e. The van der Waals surface area contributed by atoms with Crippen molar-refractivity contribution in [3.63, 3.8) is 0 Å². The van der Waals surface area contributed by atoms with Crippen molar-refractivity contribution in [3.8, 4) is 5.75 Å². The molecule has 0 saturated heterocycles. The zero-order chi connectivity index (χ0) is 15.2. The van der Waals surface area contributed by atoms with Gasteiger partial charge >= 0.3 is 5.97 Å². The highest BCUT2D eigenvalue weighted by atomic mass is 16.5. The van der Waals surface area contributed by atoms with E-state index in [0.29, 0.717) is 18.9 Å². The second-order valence-corrected chi connectivity index (χ2v) is 5.55. The van der Waals surface area contributed by atoms with E-state index in [1.54, 1.807) is 18.2 Å². The van der Waals surface area contributed by atoms with Crippen molar-refractivity contribution in [1.29, 1.82) is 0 Å². The summed E-state index contributed by atoms with van der Waals surface area (Å²) in [5.41, 5.74) is 0.179. The minimum atomic E-state index is -0.985. The number of para-hydroxylation sites is 1. The highest BCUT2D eigenvalue weighted by Gasteiger charge is 2.26. The lowest BCUT2D eigenvalue weighted by Crippen LogP contribution is -2.44. The molecule has 0 amide bonds. The van der Waals surface area contributed by atoms with Gasteiger partial charge in [0.1, 0.15) is 17.9 Å². The number of hydrogen-bond donors (Lipinski definition) is 2. The maximum absolute atomic E-state index is 11.1. The topological polar surface area (TPSA) is 70.0 Å². The van der Waals surface area contributed by atoms with Crippen molar-refractivity contribution in [1.82, 2.24) is 4.90 Å². The van der Waals surface area contributed by atoms with E-state index < -0.39 is 5.97 Å². The molecule has 1 saturated carbocycles. The quantitative estimate of drug-likeness (QED) is 0.839. The number of ether oxygens (including phenoxy) is 1.